The highest BCUT2D eigenvalue weighted by molar-refractivity contribution is 9.10. The van der Waals surface area contributed by atoms with Crippen LogP contribution in [0.5, 0.6) is 11.5 Å². The van der Waals surface area contributed by atoms with Crippen LogP contribution in [-0.2, 0) is 4.79 Å². The van der Waals surface area contributed by atoms with Crippen LogP contribution >= 0.6 is 15.9 Å². The summed E-state index contributed by atoms with van der Waals surface area (Å²) in [5.74, 6) is 0.272. The van der Waals surface area contributed by atoms with Gasteiger partial charge in [0.05, 0.1) is 23.1 Å². The lowest BCUT2D eigenvalue weighted by Gasteiger charge is -2.12. The number of non-ortho nitro benzene ring substituents is 1. The quantitative estimate of drug-likeness (QED) is 0.293. The Bertz CT molecular complexity index is 982. The van der Waals surface area contributed by atoms with Gasteiger partial charge in [-0.25, -0.2) is 0 Å². The van der Waals surface area contributed by atoms with Crippen LogP contribution in [0.2, 0.25) is 0 Å². The maximum atomic E-state index is 12.4. The molecule has 144 valence electrons. The fraction of sp³-hybridized carbons (Fsp3) is 0.158. The lowest BCUT2D eigenvalue weighted by molar-refractivity contribution is -0.384. The molecule has 2 aromatic carbocycles. The molecule has 0 saturated carbocycles. The third kappa shape index (κ3) is 5.08. The lowest BCUT2D eigenvalue weighted by atomic mass is 10.1. The molecule has 2 rings (SSSR count). The maximum absolute atomic E-state index is 12.4. The number of benzene rings is 2. The van der Waals surface area contributed by atoms with Crippen molar-refractivity contribution in [2.75, 3.05) is 19.0 Å². The molecule has 0 aliphatic carbocycles. The molecule has 0 spiro atoms. The van der Waals surface area contributed by atoms with Crippen molar-refractivity contribution in [1.29, 1.82) is 5.26 Å². The van der Waals surface area contributed by atoms with Crippen molar-refractivity contribution in [1.82, 2.24) is 0 Å². The van der Waals surface area contributed by atoms with E-state index in [1.54, 1.807) is 12.1 Å². The van der Waals surface area contributed by atoms with Crippen LogP contribution in [0, 0.1) is 21.4 Å². The number of carbonyl (C=O) groups is 1. The third-order valence-corrected chi connectivity index (χ3v) is 4.12. The molecule has 0 aliphatic rings. The first-order valence-corrected chi connectivity index (χ1v) is 8.86. The number of methoxy groups -OCH3 is 1. The standard InChI is InChI=1S/C19H16BrN3O5/c1-3-28-17-9-12(8-16(20)18(17)27-2)7-13(11-21)19(24)22-14-5-4-6-15(10-14)23(25)26/h4-10H,3H2,1-2H3,(H,22,24)/b13-7-. The van der Waals surface area contributed by atoms with Crippen LogP contribution in [0.1, 0.15) is 12.5 Å². The minimum absolute atomic E-state index is 0.166. The normalized spacial score (nSPS) is 10.7. The minimum Gasteiger partial charge on any atom is -0.492 e. The van der Waals surface area contributed by atoms with Gasteiger partial charge < -0.3 is 14.8 Å². The van der Waals surface area contributed by atoms with E-state index < -0.39 is 10.8 Å². The van der Waals surface area contributed by atoms with Crippen molar-refractivity contribution in [2.24, 2.45) is 0 Å². The van der Waals surface area contributed by atoms with Crippen molar-refractivity contribution in [2.45, 2.75) is 6.92 Å². The minimum atomic E-state index is -0.687. The Morgan fingerprint density at radius 1 is 1.39 bits per heavy atom. The summed E-state index contributed by atoms with van der Waals surface area (Å²) >= 11 is 3.37. The topological polar surface area (TPSA) is 114 Å². The van der Waals surface area contributed by atoms with E-state index in [-0.39, 0.29) is 16.9 Å². The van der Waals surface area contributed by atoms with Crippen molar-refractivity contribution >= 4 is 39.3 Å². The molecule has 1 amide bonds. The average Bonchev–Trinajstić information content (AvgIpc) is 2.66. The Morgan fingerprint density at radius 2 is 2.14 bits per heavy atom. The molecule has 0 aromatic heterocycles. The van der Waals surface area contributed by atoms with Crippen LogP contribution in [0.25, 0.3) is 6.08 Å². The number of carbonyl (C=O) groups excluding carboxylic acids is 1. The van der Waals surface area contributed by atoms with Crippen molar-refractivity contribution in [3.8, 4) is 17.6 Å². The molecule has 1 N–H and O–H groups in total. The van der Waals surface area contributed by atoms with E-state index in [0.717, 1.165) is 0 Å². The van der Waals surface area contributed by atoms with E-state index in [2.05, 4.69) is 21.2 Å². The zero-order valence-corrected chi connectivity index (χ0v) is 16.6. The molecule has 9 heteroatoms. The van der Waals surface area contributed by atoms with E-state index >= 15 is 0 Å². The van der Waals surface area contributed by atoms with Gasteiger partial charge in [-0.2, -0.15) is 5.26 Å². The molecule has 0 aliphatic heterocycles. The lowest BCUT2D eigenvalue weighted by Crippen LogP contribution is -2.13. The highest BCUT2D eigenvalue weighted by Gasteiger charge is 2.14. The Labute approximate surface area is 169 Å². The van der Waals surface area contributed by atoms with Crippen molar-refractivity contribution in [3.63, 3.8) is 0 Å². The first kappa shape index (κ1) is 20.9. The SMILES string of the molecule is CCOc1cc(/C=C(/C#N)C(=O)Nc2cccc([N+](=O)[O-])c2)cc(Br)c1OC. The molecule has 28 heavy (non-hydrogen) atoms. The number of hydrogen-bond donors (Lipinski definition) is 1. The second-order valence-electron chi connectivity index (χ2n) is 5.40. The molecule has 0 atom stereocenters. The van der Waals surface area contributed by atoms with Gasteiger partial charge in [0.2, 0.25) is 0 Å². The molecule has 0 unspecified atom stereocenters. The number of anilines is 1. The van der Waals surface area contributed by atoms with E-state index in [1.165, 1.54) is 37.5 Å². The highest BCUT2D eigenvalue weighted by Crippen LogP contribution is 2.37. The fourth-order valence-corrected chi connectivity index (χ4v) is 2.96. The number of nitrogens with one attached hydrogen (secondary N) is 1. The van der Waals surface area contributed by atoms with Gasteiger partial charge in [0.15, 0.2) is 11.5 Å². The number of halogens is 1. The van der Waals surface area contributed by atoms with Gasteiger partial charge in [-0.05, 0) is 52.7 Å². The molecule has 0 bridgehead atoms. The van der Waals surface area contributed by atoms with Crippen LogP contribution in [-0.4, -0.2) is 24.5 Å². The van der Waals surface area contributed by atoms with E-state index in [0.29, 0.717) is 28.1 Å². The Balaban J connectivity index is 2.33. The summed E-state index contributed by atoms with van der Waals surface area (Å²) in [4.78, 5) is 22.7. The van der Waals surface area contributed by atoms with Gasteiger partial charge in [0.25, 0.3) is 11.6 Å². The van der Waals surface area contributed by atoms with Gasteiger partial charge in [-0.3, -0.25) is 14.9 Å². The number of nitriles is 1. The molecule has 0 heterocycles. The molecule has 8 nitrogen and oxygen atoms in total. The molecule has 0 radical (unpaired) electrons. The van der Waals surface area contributed by atoms with E-state index in [1.807, 2.05) is 13.0 Å². The van der Waals surface area contributed by atoms with Crippen molar-refractivity contribution < 1.29 is 19.2 Å². The first-order valence-electron chi connectivity index (χ1n) is 8.07. The van der Waals surface area contributed by atoms with E-state index in [4.69, 9.17) is 9.47 Å². The molecule has 0 fully saturated rings. The predicted octanol–water partition coefficient (Wildman–Crippen LogP) is 4.31. The van der Waals surface area contributed by atoms with Crippen LogP contribution in [0.4, 0.5) is 11.4 Å². The van der Waals surface area contributed by atoms with Gasteiger partial charge >= 0.3 is 0 Å². The summed E-state index contributed by atoms with van der Waals surface area (Å²) < 4.78 is 11.4. The second kappa shape index (κ2) is 9.53. The summed E-state index contributed by atoms with van der Waals surface area (Å²) in [7, 11) is 1.51. The average molecular weight is 446 g/mol. The fourth-order valence-electron chi connectivity index (χ4n) is 2.34. The molecule has 0 saturated heterocycles. The van der Waals surface area contributed by atoms with Crippen LogP contribution in [0.3, 0.4) is 0 Å². The predicted molar refractivity (Wildman–Crippen MR) is 107 cm³/mol. The molecular formula is C19H16BrN3O5. The van der Waals surface area contributed by atoms with Crippen molar-refractivity contribution in [3.05, 3.63) is 62.1 Å². The Kier molecular flexibility index (Phi) is 7.12. The van der Waals surface area contributed by atoms with E-state index in [9.17, 15) is 20.2 Å². The zero-order valence-electron chi connectivity index (χ0n) is 15.1. The van der Waals surface area contributed by atoms with Crippen LogP contribution in [0.15, 0.2) is 46.4 Å². The first-order chi connectivity index (χ1) is 13.4. The Morgan fingerprint density at radius 3 is 2.75 bits per heavy atom. The molecule has 2 aromatic rings. The monoisotopic (exact) mass is 445 g/mol. The Hall–Kier alpha value is -3.38. The maximum Gasteiger partial charge on any atom is 0.271 e. The summed E-state index contributed by atoms with van der Waals surface area (Å²) in [5.41, 5.74) is 0.417. The molecular weight excluding hydrogens is 430 g/mol. The summed E-state index contributed by atoms with van der Waals surface area (Å²) in [6, 6.07) is 10.6. The summed E-state index contributed by atoms with van der Waals surface area (Å²) in [6.07, 6.45) is 1.39. The second-order valence-corrected chi connectivity index (χ2v) is 6.25. The number of rotatable bonds is 7. The summed E-state index contributed by atoms with van der Waals surface area (Å²) in [6.45, 7) is 2.23. The number of ether oxygens (including phenoxy) is 2. The third-order valence-electron chi connectivity index (χ3n) is 3.53. The van der Waals surface area contributed by atoms with Gasteiger partial charge in [-0.15, -0.1) is 0 Å². The van der Waals surface area contributed by atoms with Gasteiger partial charge in [0, 0.05) is 17.8 Å². The largest absolute Gasteiger partial charge is 0.492 e. The van der Waals surface area contributed by atoms with Gasteiger partial charge in [0.1, 0.15) is 11.6 Å². The number of nitro benzene ring substituents is 1. The van der Waals surface area contributed by atoms with Crippen LogP contribution < -0.4 is 14.8 Å². The zero-order chi connectivity index (χ0) is 20.7. The summed E-state index contributed by atoms with van der Waals surface area (Å²) in [5, 5.41) is 22.7. The number of hydrogen-bond acceptors (Lipinski definition) is 6. The number of nitro groups is 1. The number of amides is 1. The van der Waals surface area contributed by atoms with Gasteiger partial charge in [-0.1, -0.05) is 6.07 Å². The smallest absolute Gasteiger partial charge is 0.271 e. The highest BCUT2D eigenvalue weighted by atomic mass is 79.9. The number of nitrogens with zero attached hydrogens (tertiary/aromatic N) is 2.